The van der Waals surface area contributed by atoms with Crippen LogP contribution in [0.3, 0.4) is 0 Å². The minimum absolute atomic E-state index is 0.112. The molecule has 1 aliphatic rings. The maximum absolute atomic E-state index is 11.4. The normalized spacial score (nSPS) is 17.3. The van der Waals surface area contributed by atoms with Crippen LogP contribution in [-0.2, 0) is 20.7 Å². The van der Waals surface area contributed by atoms with Crippen molar-refractivity contribution >= 4 is 17.6 Å². The molecule has 0 bridgehead atoms. The van der Waals surface area contributed by atoms with Crippen LogP contribution in [-0.4, -0.2) is 25.1 Å². The first-order valence-electron chi connectivity index (χ1n) is 5.75. The van der Waals surface area contributed by atoms with Gasteiger partial charge in [0.25, 0.3) is 0 Å². The molecule has 0 spiro atoms. The maximum atomic E-state index is 11.4. The fourth-order valence-corrected chi connectivity index (χ4v) is 1.97. The average molecular weight is 249 g/mol. The first kappa shape index (κ1) is 12.4. The van der Waals surface area contributed by atoms with Crippen LogP contribution in [0.4, 0.5) is 5.69 Å². The van der Waals surface area contributed by atoms with E-state index in [9.17, 15) is 9.59 Å². The molecule has 1 aromatic rings. The SMILES string of the molecule is COC(=O)[C@H]1CCc2cc(NC(C)=O)ccc2O1. The highest BCUT2D eigenvalue weighted by atomic mass is 16.6. The monoisotopic (exact) mass is 249 g/mol. The lowest BCUT2D eigenvalue weighted by Crippen LogP contribution is -2.32. The fraction of sp³-hybridized carbons (Fsp3) is 0.385. The fourth-order valence-electron chi connectivity index (χ4n) is 1.97. The largest absolute Gasteiger partial charge is 0.478 e. The summed E-state index contributed by atoms with van der Waals surface area (Å²) in [7, 11) is 1.35. The number of esters is 1. The van der Waals surface area contributed by atoms with E-state index in [1.165, 1.54) is 14.0 Å². The van der Waals surface area contributed by atoms with Gasteiger partial charge in [-0.1, -0.05) is 0 Å². The van der Waals surface area contributed by atoms with Gasteiger partial charge in [0, 0.05) is 12.6 Å². The molecule has 0 saturated heterocycles. The number of anilines is 1. The van der Waals surface area contributed by atoms with Crippen LogP contribution in [0.5, 0.6) is 5.75 Å². The van der Waals surface area contributed by atoms with Crippen molar-refractivity contribution < 1.29 is 19.1 Å². The molecule has 96 valence electrons. The second kappa shape index (κ2) is 5.08. The molecule has 0 aromatic heterocycles. The minimum atomic E-state index is -0.533. The summed E-state index contributed by atoms with van der Waals surface area (Å²) in [6.45, 7) is 1.46. The summed E-state index contributed by atoms with van der Waals surface area (Å²) in [5.41, 5.74) is 1.72. The quantitative estimate of drug-likeness (QED) is 0.807. The molecule has 1 aliphatic heterocycles. The number of carbonyl (C=O) groups excluding carboxylic acids is 2. The van der Waals surface area contributed by atoms with Crippen molar-refractivity contribution in [2.45, 2.75) is 25.9 Å². The highest BCUT2D eigenvalue weighted by molar-refractivity contribution is 5.88. The second-order valence-corrected chi connectivity index (χ2v) is 4.17. The average Bonchev–Trinajstić information content (AvgIpc) is 2.36. The van der Waals surface area contributed by atoms with Crippen LogP contribution in [0.25, 0.3) is 0 Å². The molecule has 0 aliphatic carbocycles. The highest BCUT2D eigenvalue weighted by Crippen LogP contribution is 2.30. The van der Waals surface area contributed by atoms with Gasteiger partial charge in [-0.25, -0.2) is 4.79 Å². The summed E-state index contributed by atoms with van der Waals surface area (Å²) >= 11 is 0. The summed E-state index contributed by atoms with van der Waals surface area (Å²) in [5, 5.41) is 2.71. The van der Waals surface area contributed by atoms with Crippen molar-refractivity contribution in [3.63, 3.8) is 0 Å². The van der Waals surface area contributed by atoms with Crippen LogP contribution < -0.4 is 10.1 Å². The number of amides is 1. The number of benzene rings is 1. The number of carbonyl (C=O) groups is 2. The second-order valence-electron chi connectivity index (χ2n) is 4.17. The van der Waals surface area contributed by atoms with Gasteiger partial charge in [-0.05, 0) is 36.6 Å². The Morgan fingerprint density at radius 1 is 1.44 bits per heavy atom. The molecule has 2 rings (SSSR count). The maximum Gasteiger partial charge on any atom is 0.347 e. The van der Waals surface area contributed by atoms with Crippen LogP contribution in [0.1, 0.15) is 18.9 Å². The van der Waals surface area contributed by atoms with Gasteiger partial charge in [0.1, 0.15) is 5.75 Å². The molecule has 0 fully saturated rings. The lowest BCUT2D eigenvalue weighted by atomic mass is 10.0. The van der Waals surface area contributed by atoms with Crippen LogP contribution in [0, 0.1) is 0 Å². The Labute approximate surface area is 105 Å². The predicted octanol–water partition coefficient (Wildman–Crippen LogP) is 1.51. The van der Waals surface area contributed by atoms with E-state index in [0.29, 0.717) is 12.2 Å². The number of hydrogen-bond donors (Lipinski definition) is 1. The van der Waals surface area contributed by atoms with Gasteiger partial charge in [0.05, 0.1) is 7.11 Å². The summed E-state index contributed by atoms with van der Waals surface area (Å²) in [6, 6.07) is 5.37. The predicted molar refractivity (Wildman–Crippen MR) is 65.5 cm³/mol. The molecule has 1 N–H and O–H groups in total. The molecule has 5 heteroatoms. The van der Waals surface area contributed by atoms with Gasteiger partial charge in [0.2, 0.25) is 5.91 Å². The van der Waals surface area contributed by atoms with Crippen LogP contribution >= 0.6 is 0 Å². The Morgan fingerprint density at radius 2 is 2.22 bits per heavy atom. The zero-order valence-corrected chi connectivity index (χ0v) is 10.4. The third-order valence-electron chi connectivity index (χ3n) is 2.79. The van der Waals surface area contributed by atoms with E-state index in [1.807, 2.05) is 6.07 Å². The van der Waals surface area contributed by atoms with Crippen LogP contribution in [0.15, 0.2) is 18.2 Å². The van der Waals surface area contributed by atoms with E-state index in [1.54, 1.807) is 12.1 Å². The van der Waals surface area contributed by atoms with Gasteiger partial charge < -0.3 is 14.8 Å². The van der Waals surface area contributed by atoms with Gasteiger partial charge in [-0.3, -0.25) is 4.79 Å². The zero-order chi connectivity index (χ0) is 13.1. The van der Waals surface area contributed by atoms with E-state index in [0.717, 1.165) is 17.7 Å². The minimum Gasteiger partial charge on any atom is -0.478 e. The zero-order valence-electron chi connectivity index (χ0n) is 10.4. The Balaban J connectivity index is 2.15. The first-order chi connectivity index (χ1) is 8.60. The smallest absolute Gasteiger partial charge is 0.347 e. The summed E-state index contributed by atoms with van der Waals surface area (Å²) < 4.78 is 10.2. The number of methoxy groups -OCH3 is 1. The van der Waals surface area contributed by atoms with E-state index < -0.39 is 6.10 Å². The molecule has 5 nitrogen and oxygen atoms in total. The van der Waals surface area contributed by atoms with Crippen molar-refractivity contribution in [1.29, 1.82) is 0 Å². The van der Waals surface area contributed by atoms with Crippen LogP contribution in [0.2, 0.25) is 0 Å². The molecule has 0 radical (unpaired) electrons. The summed E-state index contributed by atoms with van der Waals surface area (Å²) in [4.78, 5) is 22.3. The standard InChI is InChI=1S/C13H15NO4/c1-8(15)14-10-4-6-11-9(7-10)3-5-12(18-11)13(16)17-2/h4,6-7,12H,3,5H2,1-2H3,(H,14,15)/t12-/m1/s1. The highest BCUT2D eigenvalue weighted by Gasteiger charge is 2.26. The third-order valence-corrected chi connectivity index (χ3v) is 2.79. The summed E-state index contributed by atoms with van der Waals surface area (Å²) in [5.74, 6) is 0.205. The Morgan fingerprint density at radius 3 is 2.89 bits per heavy atom. The molecule has 0 saturated carbocycles. The molecule has 0 unspecified atom stereocenters. The third kappa shape index (κ3) is 2.61. The number of nitrogens with one attached hydrogen (secondary N) is 1. The van der Waals surface area contributed by atoms with E-state index in [2.05, 4.69) is 10.1 Å². The summed E-state index contributed by atoms with van der Waals surface area (Å²) in [6.07, 6.45) is 0.778. The number of ether oxygens (including phenoxy) is 2. The van der Waals surface area contributed by atoms with Crippen molar-refractivity contribution in [2.75, 3.05) is 12.4 Å². The van der Waals surface area contributed by atoms with Gasteiger partial charge >= 0.3 is 5.97 Å². The van der Waals surface area contributed by atoms with Crippen molar-refractivity contribution in [3.05, 3.63) is 23.8 Å². The number of fused-ring (bicyclic) bond motifs is 1. The van der Waals surface area contributed by atoms with Gasteiger partial charge in [-0.15, -0.1) is 0 Å². The van der Waals surface area contributed by atoms with Gasteiger partial charge in [0.15, 0.2) is 6.10 Å². The van der Waals surface area contributed by atoms with E-state index >= 15 is 0 Å². The number of rotatable bonds is 2. The molecule has 18 heavy (non-hydrogen) atoms. The Bertz CT molecular complexity index is 484. The molecule has 1 heterocycles. The Kier molecular flexibility index (Phi) is 3.50. The van der Waals surface area contributed by atoms with Gasteiger partial charge in [-0.2, -0.15) is 0 Å². The number of hydrogen-bond acceptors (Lipinski definition) is 4. The molecule has 1 aromatic carbocycles. The van der Waals surface area contributed by atoms with E-state index in [4.69, 9.17) is 4.74 Å². The molecule has 1 amide bonds. The topological polar surface area (TPSA) is 64.6 Å². The lowest BCUT2D eigenvalue weighted by molar-refractivity contribution is -0.149. The van der Waals surface area contributed by atoms with Crippen molar-refractivity contribution in [2.24, 2.45) is 0 Å². The lowest BCUT2D eigenvalue weighted by Gasteiger charge is -2.24. The van der Waals surface area contributed by atoms with Crippen molar-refractivity contribution in [3.8, 4) is 5.75 Å². The first-order valence-corrected chi connectivity index (χ1v) is 5.75. The molecular weight excluding hydrogens is 234 g/mol. The van der Waals surface area contributed by atoms with Crippen molar-refractivity contribution in [1.82, 2.24) is 0 Å². The van der Waals surface area contributed by atoms with E-state index in [-0.39, 0.29) is 11.9 Å². The number of aryl methyl sites for hydroxylation is 1. The molecular formula is C13H15NO4. The Hall–Kier alpha value is -2.04. The molecule has 1 atom stereocenters.